The normalized spacial score (nSPS) is 12.9. The number of ketones is 1. The first-order valence-electron chi connectivity index (χ1n) is 7.13. The Labute approximate surface area is 132 Å². The van der Waals surface area contributed by atoms with E-state index in [1.807, 2.05) is 42.5 Å². The zero-order chi connectivity index (χ0) is 15.6. The maximum absolute atomic E-state index is 12.3. The fraction of sp³-hybridized carbons (Fsp3) is 0.0556. The third-order valence-corrected chi connectivity index (χ3v) is 3.52. The van der Waals surface area contributed by atoms with Gasteiger partial charge in [0.2, 0.25) is 12.6 Å². The molecule has 0 fully saturated rings. The van der Waals surface area contributed by atoms with Crippen LogP contribution >= 0.6 is 0 Å². The Kier molecular flexibility index (Phi) is 3.24. The predicted molar refractivity (Wildman–Crippen MR) is 85.5 cm³/mol. The van der Waals surface area contributed by atoms with Gasteiger partial charge < -0.3 is 9.47 Å². The van der Waals surface area contributed by atoms with Gasteiger partial charge in [-0.15, -0.1) is 0 Å². The number of nitrogens with zero attached hydrogens (tertiary/aromatic N) is 2. The number of benzene rings is 2. The molecule has 23 heavy (non-hydrogen) atoms. The number of hydrogen-bond donors (Lipinski definition) is 0. The van der Waals surface area contributed by atoms with Crippen LogP contribution in [0, 0.1) is 0 Å². The Bertz CT molecular complexity index is 934. The Morgan fingerprint density at radius 1 is 1.04 bits per heavy atom. The molecule has 112 valence electrons. The topological polar surface area (TPSA) is 61.3 Å². The van der Waals surface area contributed by atoms with Crippen LogP contribution in [-0.2, 0) is 0 Å². The summed E-state index contributed by atoms with van der Waals surface area (Å²) in [5.41, 5.74) is 2.65. The van der Waals surface area contributed by atoms with Crippen molar-refractivity contribution in [3.05, 3.63) is 66.0 Å². The molecule has 5 heteroatoms. The van der Waals surface area contributed by atoms with E-state index in [-0.39, 0.29) is 12.6 Å². The van der Waals surface area contributed by atoms with E-state index in [0.29, 0.717) is 22.7 Å². The van der Waals surface area contributed by atoms with Gasteiger partial charge >= 0.3 is 0 Å². The van der Waals surface area contributed by atoms with Gasteiger partial charge in [0.25, 0.3) is 0 Å². The summed E-state index contributed by atoms with van der Waals surface area (Å²) in [6.45, 7) is 0.230. The number of fused-ring (bicyclic) bond motifs is 2. The molecule has 1 aliphatic heterocycles. The number of rotatable bonds is 3. The number of para-hydroxylation sites is 2. The molecule has 0 saturated carbocycles. The van der Waals surface area contributed by atoms with E-state index < -0.39 is 0 Å². The maximum Gasteiger partial charge on any atom is 0.231 e. The van der Waals surface area contributed by atoms with Crippen LogP contribution in [0.25, 0.3) is 17.1 Å². The van der Waals surface area contributed by atoms with Crippen LogP contribution in [0.5, 0.6) is 11.5 Å². The van der Waals surface area contributed by atoms with Crippen molar-refractivity contribution in [2.75, 3.05) is 6.79 Å². The molecule has 0 spiro atoms. The van der Waals surface area contributed by atoms with Crippen LogP contribution < -0.4 is 9.47 Å². The van der Waals surface area contributed by atoms with E-state index in [1.165, 1.54) is 12.3 Å². The Morgan fingerprint density at radius 2 is 1.87 bits per heavy atom. The van der Waals surface area contributed by atoms with Crippen molar-refractivity contribution in [3.63, 3.8) is 0 Å². The highest BCUT2D eigenvalue weighted by Gasteiger charge is 2.12. The standard InChI is InChI=1S/C18H12N2O3/c21-16(15-10-19-13-3-1-2-4-14(13)20-15)7-5-12-6-8-17-18(9-12)23-11-22-17/h1-10H,11H2. The number of hydrogen-bond acceptors (Lipinski definition) is 5. The smallest absolute Gasteiger partial charge is 0.231 e. The Morgan fingerprint density at radius 3 is 2.78 bits per heavy atom. The monoisotopic (exact) mass is 304 g/mol. The van der Waals surface area contributed by atoms with Crippen molar-refractivity contribution in [2.24, 2.45) is 0 Å². The molecular formula is C18H12N2O3. The molecule has 0 saturated heterocycles. The minimum Gasteiger partial charge on any atom is -0.454 e. The molecule has 4 rings (SSSR count). The lowest BCUT2D eigenvalue weighted by Crippen LogP contribution is -1.99. The second-order valence-electron chi connectivity index (χ2n) is 5.05. The molecule has 5 nitrogen and oxygen atoms in total. The lowest BCUT2D eigenvalue weighted by molar-refractivity contribution is 0.104. The molecular weight excluding hydrogens is 292 g/mol. The number of aromatic nitrogens is 2. The van der Waals surface area contributed by atoms with E-state index in [1.54, 1.807) is 6.08 Å². The summed E-state index contributed by atoms with van der Waals surface area (Å²) in [6, 6.07) is 13.0. The van der Waals surface area contributed by atoms with Gasteiger partial charge in [0.15, 0.2) is 11.5 Å². The quantitative estimate of drug-likeness (QED) is 0.549. The highest BCUT2D eigenvalue weighted by Crippen LogP contribution is 2.32. The minimum absolute atomic E-state index is 0.194. The van der Waals surface area contributed by atoms with Crippen molar-refractivity contribution in [1.29, 1.82) is 0 Å². The zero-order valence-corrected chi connectivity index (χ0v) is 12.1. The van der Waals surface area contributed by atoms with Crippen molar-refractivity contribution in [2.45, 2.75) is 0 Å². The number of carbonyl (C=O) groups excluding carboxylic acids is 1. The zero-order valence-electron chi connectivity index (χ0n) is 12.1. The van der Waals surface area contributed by atoms with Crippen molar-refractivity contribution in [3.8, 4) is 11.5 Å². The van der Waals surface area contributed by atoms with Crippen LogP contribution in [0.3, 0.4) is 0 Å². The second-order valence-corrected chi connectivity index (χ2v) is 5.05. The largest absolute Gasteiger partial charge is 0.454 e. The van der Waals surface area contributed by atoms with Gasteiger partial charge in [0.05, 0.1) is 17.2 Å². The summed E-state index contributed by atoms with van der Waals surface area (Å²) >= 11 is 0. The molecule has 0 N–H and O–H groups in total. The summed E-state index contributed by atoms with van der Waals surface area (Å²) < 4.78 is 10.6. The van der Waals surface area contributed by atoms with Gasteiger partial charge in [0.1, 0.15) is 5.69 Å². The third kappa shape index (κ3) is 2.64. The molecule has 0 atom stereocenters. The maximum atomic E-state index is 12.3. The molecule has 3 aromatic rings. The highest BCUT2D eigenvalue weighted by atomic mass is 16.7. The summed E-state index contributed by atoms with van der Waals surface area (Å²) in [4.78, 5) is 20.8. The predicted octanol–water partition coefficient (Wildman–Crippen LogP) is 3.25. The van der Waals surface area contributed by atoms with Gasteiger partial charge in [-0.3, -0.25) is 9.78 Å². The third-order valence-electron chi connectivity index (χ3n) is 3.52. The molecule has 0 radical (unpaired) electrons. The molecule has 1 aromatic heterocycles. The van der Waals surface area contributed by atoms with Crippen LogP contribution in [0.1, 0.15) is 16.1 Å². The average molecular weight is 304 g/mol. The van der Waals surface area contributed by atoms with E-state index in [4.69, 9.17) is 9.47 Å². The van der Waals surface area contributed by atoms with Crippen molar-refractivity contribution in [1.82, 2.24) is 9.97 Å². The van der Waals surface area contributed by atoms with Gasteiger partial charge in [-0.25, -0.2) is 4.98 Å². The number of ether oxygens (including phenoxy) is 2. The van der Waals surface area contributed by atoms with Crippen molar-refractivity contribution >= 4 is 22.9 Å². The van der Waals surface area contributed by atoms with Crippen LogP contribution in [0.15, 0.2) is 54.7 Å². The molecule has 0 aliphatic carbocycles. The molecule has 2 aromatic carbocycles. The van der Waals surface area contributed by atoms with E-state index in [9.17, 15) is 4.79 Å². The van der Waals surface area contributed by atoms with Gasteiger partial charge in [-0.2, -0.15) is 0 Å². The summed E-state index contributed by atoms with van der Waals surface area (Å²) in [5.74, 6) is 1.21. The number of carbonyl (C=O) groups is 1. The fourth-order valence-electron chi connectivity index (χ4n) is 2.35. The first kappa shape index (κ1) is 13.5. The van der Waals surface area contributed by atoms with Crippen LogP contribution in [-0.4, -0.2) is 22.5 Å². The summed E-state index contributed by atoms with van der Waals surface area (Å²) in [6.07, 6.45) is 4.70. The summed E-state index contributed by atoms with van der Waals surface area (Å²) in [7, 11) is 0. The Balaban J connectivity index is 1.58. The lowest BCUT2D eigenvalue weighted by Gasteiger charge is -1.99. The first-order chi connectivity index (χ1) is 11.3. The Hall–Kier alpha value is -3.21. The van der Waals surface area contributed by atoms with E-state index in [0.717, 1.165) is 11.1 Å². The fourth-order valence-corrected chi connectivity index (χ4v) is 2.35. The molecule has 2 heterocycles. The van der Waals surface area contributed by atoms with E-state index in [2.05, 4.69) is 9.97 Å². The summed E-state index contributed by atoms with van der Waals surface area (Å²) in [5, 5.41) is 0. The molecule has 0 bridgehead atoms. The highest BCUT2D eigenvalue weighted by molar-refractivity contribution is 6.06. The van der Waals surface area contributed by atoms with Crippen LogP contribution in [0.4, 0.5) is 0 Å². The van der Waals surface area contributed by atoms with Gasteiger partial charge in [-0.1, -0.05) is 24.3 Å². The van der Waals surface area contributed by atoms with Crippen molar-refractivity contribution < 1.29 is 14.3 Å². The first-order valence-corrected chi connectivity index (χ1v) is 7.13. The van der Waals surface area contributed by atoms with E-state index >= 15 is 0 Å². The second kappa shape index (κ2) is 5.53. The molecule has 0 amide bonds. The number of allylic oxidation sites excluding steroid dienone is 1. The minimum atomic E-state index is -0.194. The molecule has 0 unspecified atom stereocenters. The van der Waals surface area contributed by atoms with Crippen LogP contribution in [0.2, 0.25) is 0 Å². The van der Waals surface area contributed by atoms with Gasteiger partial charge in [0, 0.05) is 0 Å². The SMILES string of the molecule is O=C(C=Cc1ccc2c(c1)OCO2)c1cnc2ccccc2n1. The molecule has 1 aliphatic rings. The lowest BCUT2D eigenvalue weighted by atomic mass is 10.1. The van der Waals surface area contributed by atoms with Gasteiger partial charge in [-0.05, 0) is 35.9 Å². The average Bonchev–Trinajstić information content (AvgIpc) is 3.07.